The van der Waals surface area contributed by atoms with Gasteiger partial charge >= 0.3 is 0 Å². The standard InChI is InChI=1S/C12H14N2OS/c1-7-5-4-6-10(13)11(7)15-12-14-8(2)9(3)16-12/h4-6H,13H2,1-3H3. The van der Waals surface area contributed by atoms with Gasteiger partial charge in [0.05, 0.1) is 11.4 Å². The van der Waals surface area contributed by atoms with Gasteiger partial charge in [0.1, 0.15) is 0 Å². The van der Waals surface area contributed by atoms with Gasteiger partial charge in [-0.2, -0.15) is 0 Å². The lowest BCUT2D eigenvalue weighted by Gasteiger charge is -2.07. The summed E-state index contributed by atoms with van der Waals surface area (Å²) >= 11 is 1.54. The van der Waals surface area contributed by atoms with Gasteiger partial charge in [-0.25, -0.2) is 4.98 Å². The van der Waals surface area contributed by atoms with E-state index in [-0.39, 0.29) is 0 Å². The molecule has 16 heavy (non-hydrogen) atoms. The molecule has 2 aromatic rings. The first-order valence-corrected chi connectivity index (χ1v) is 5.86. The van der Waals surface area contributed by atoms with Crippen molar-refractivity contribution in [2.24, 2.45) is 0 Å². The molecule has 0 radical (unpaired) electrons. The largest absolute Gasteiger partial charge is 0.428 e. The number of nitrogens with two attached hydrogens (primary N) is 1. The van der Waals surface area contributed by atoms with Crippen molar-refractivity contribution >= 4 is 17.0 Å². The van der Waals surface area contributed by atoms with Gasteiger partial charge in [0.15, 0.2) is 5.75 Å². The molecule has 2 rings (SSSR count). The Morgan fingerprint density at radius 1 is 1.25 bits per heavy atom. The van der Waals surface area contributed by atoms with Crippen molar-refractivity contribution in [1.82, 2.24) is 4.98 Å². The molecule has 0 unspecified atom stereocenters. The average molecular weight is 234 g/mol. The van der Waals surface area contributed by atoms with Gasteiger partial charge in [-0.1, -0.05) is 23.5 Å². The van der Waals surface area contributed by atoms with Crippen LogP contribution in [-0.4, -0.2) is 4.98 Å². The number of para-hydroxylation sites is 1. The van der Waals surface area contributed by atoms with E-state index in [0.717, 1.165) is 11.3 Å². The summed E-state index contributed by atoms with van der Waals surface area (Å²) in [5.74, 6) is 0.705. The van der Waals surface area contributed by atoms with E-state index in [1.54, 1.807) is 0 Å². The van der Waals surface area contributed by atoms with Crippen LogP contribution in [0, 0.1) is 20.8 Å². The molecule has 1 heterocycles. The van der Waals surface area contributed by atoms with Gasteiger partial charge in [-0.05, 0) is 32.4 Å². The van der Waals surface area contributed by atoms with Crippen LogP contribution in [-0.2, 0) is 0 Å². The maximum absolute atomic E-state index is 5.87. The number of hydrogen-bond donors (Lipinski definition) is 1. The fourth-order valence-electron chi connectivity index (χ4n) is 1.39. The number of anilines is 1. The SMILES string of the molecule is Cc1cccc(N)c1Oc1nc(C)c(C)s1. The Hall–Kier alpha value is -1.55. The van der Waals surface area contributed by atoms with Crippen molar-refractivity contribution in [2.45, 2.75) is 20.8 Å². The van der Waals surface area contributed by atoms with Crippen LogP contribution in [0.3, 0.4) is 0 Å². The molecule has 3 nitrogen and oxygen atoms in total. The van der Waals surface area contributed by atoms with Gasteiger partial charge in [-0.3, -0.25) is 0 Å². The molecule has 0 spiro atoms. The predicted octanol–water partition coefficient (Wildman–Crippen LogP) is 3.44. The molecule has 0 bridgehead atoms. The number of ether oxygens (including phenoxy) is 1. The first-order valence-electron chi connectivity index (χ1n) is 5.05. The molecule has 0 saturated heterocycles. The van der Waals surface area contributed by atoms with Crippen LogP contribution in [0.1, 0.15) is 16.1 Å². The number of thiazole rings is 1. The smallest absolute Gasteiger partial charge is 0.279 e. The van der Waals surface area contributed by atoms with Crippen LogP contribution in [0.15, 0.2) is 18.2 Å². The zero-order valence-electron chi connectivity index (χ0n) is 9.57. The molecule has 0 aliphatic carbocycles. The minimum Gasteiger partial charge on any atom is -0.428 e. The number of aryl methyl sites for hydroxylation is 3. The summed E-state index contributed by atoms with van der Waals surface area (Å²) in [6.07, 6.45) is 0. The molecular weight excluding hydrogens is 220 g/mol. The second-order valence-electron chi connectivity index (χ2n) is 3.72. The van der Waals surface area contributed by atoms with Crippen molar-refractivity contribution in [1.29, 1.82) is 0 Å². The van der Waals surface area contributed by atoms with Crippen LogP contribution in [0.4, 0.5) is 5.69 Å². The fourth-order valence-corrected chi connectivity index (χ4v) is 2.15. The monoisotopic (exact) mass is 234 g/mol. The van der Waals surface area contributed by atoms with E-state index in [4.69, 9.17) is 10.5 Å². The molecule has 0 fully saturated rings. The summed E-state index contributed by atoms with van der Waals surface area (Å²) in [5.41, 5.74) is 8.54. The summed E-state index contributed by atoms with van der Waals surface area (Å²) in [7, 11) is 0. The highest BCUT2D eigenvalue weighted by Crippen LogP contribution is 2.33. The summed E-state index contributed by atoms with van der Waals surface area (Å²) in [5, 5.41) is 0.649. The van der Waals surface area contributed by atoms with Crippen LogP contribution in [0.25, 0.3) is 0 Å². The molecule has 0 saturated carbocycles. The lowest BCUT2D eigenvalue weighted by molar-refractivity contribution is 0.476. The van der Waals surface area contributed by atoms with E-state index >= 15 is 0 Å². The summed E-state index contributed by atoms with van der Waals surface area (Å²) in [6, 6.07) is 5.71. The summed E-state index contributed by atoms with van der Waals surface area (Å²) in [4.78, 5) is 5.50. The van der Waals surface area contributed by atoms with Crippen molar-refractivity contribution in [2.75, 3.05) is 5.73 Å². The van der Waals surface area contributed by atoms with Crippen molar-refractivity contribution in [3.8, 4) is 10.9 Å². The minimum atomic E-state index is 0.644. The molecule has 1 aromatic heterocycles. The fraction of sp³-hybridized carbons (Fsp3) is 0.250. The molecule has 84 valence electrons. The summed E-state index contributed by atoms with van der Waals surface area (Å²) in [6.45, 7) is 5.97. The molecule has 4 heteroatoms. The van der Waals surface area contributed by atoms with Gasteiger partial charge in [0.25, 0.3) is 5.19 Å². The third kappa shape index (κ3) is 2.02. The maximum atomic E-state index is 5.87. The number of aromatic nitrogens is 1. The second kappa shape index (κ2) is 4.14. The number of hydrogen-bond acceptors (Lipinski definition) is 4. The van der Waals surface area contributed by atoms with E-state index in [9.17, 15) is 0 Å². The normalized spacial score (nSPS) is 10.4. The quantitative estimate of drug-likeness (QED) is 0.810. The van der Waals surface area contributed by atoms with E-state index in [0.29, 0.717) is 16.6 Å². The molecule has 0 amide bonds. The molecule has 2 N–H and O–H groups in total. The van der Waals surface area contributed by atoms with Crippen LogP contribution in [0.5, 0.6) is 10.9 Å². The van der Waals surface area contributed by atoms with Gasteiger partial charge in [-0.15, -0.1) is 0 Å². The first kappa shape index (κ1) is 11.0. The number of nitrogen functional groups attached to an aromatic ring is 1. The Kier molecular flexibility index (Phi) is 2.83. The zero-order chi connectivity index (χ0) is 11.7. The minimum absolute atomic E-state index is 0.644. The van der Waals surface area contributed by atoms with Crippen molar-refractivity contribution < 1.29 is 4.74 Å². The van der Waals surface area contributed by atoms with Crippen LogP contribution < -0.4 is 10.5 Å². The topological polar surface area (TPSA) is 48.1 Å². The Bertz CT molecular complexity index is 480. The van der Waals surface area contributed by atoms with Crippen LogP contribution >= 0.6 is 11.3 Å². The van der Waals surface area contributed by atoms with Gasteiger partial charge in [0, 0.05) is 4.88 Å². The lowest BCUT2D eigenvalue weighted by atomic mass is 10.2. The Balaban J connectivity index is 2.33. The predicted molar refractivity (Wildman–Crippen MR) is 67.3 cm³/mol. The second-order valence-corrected chi connectivity index (χ2v) is 4.88. The Labute approximate surface area is 98.9 Å². The highest BCUT2D eigenvalue weighted by molar-refractivity contribution is 7.13. The molecular formula is C12H14N2OS. The molecule has 0 aliphatic rings. The Morgan fingerprint density at radius 2 is 2.00 bits per heavy atom. The van der Waals surface area contributed by atoms with Crippen LogP contribution in [0.2, 0.25) is 0 Å². The van der Waals surface area contributed by atoms with Gasteiger partial charge in [0.2, 0.25) is 0 Å². The first-order chi connectivity index (χ1) is 7.58. The highest BCUT2D eigenvalue weighted by Gasteiger charge is 2.09. The maximum Gasteiger partial charge on any atom is 0.279 e. The number of benzene rings is 1. The third-order valence-corrected chi connectivity index (χ3v) is 3.39. The van der Waals surface area contributed by atoms with E-state index in [1.165, 1.54) is 16.2 Å². The third-order valence-electron chi connectivity index (χ3n) is 2.44. The summed E-state index contributed by atoms with van der Waals surface area (Å²) < 4.78 is 5.72. The van der Waals surface area contributed by atoms with E-state index in [2.05, 4.69) is 4.98 Å². The average Bonchev–Trinajstić information content (AvgIpc) is 2.53. The molecule has 0 aliphatic heterocycles. The van der Waals surface area contributed by atoms with E-state index in [1.807, 2.05) is 39.0 Å². The molecule has 0 atom stereocenters. The lowest BCUT2D eigenvalue weighted by Crippen LogP contribution is -1.93. The highest BCUT2D eigenvalue weighted by atomic mass is 32.1. The zero-order valence-corrected chi connectivity index (χ0v) is 10.4. The van der Waals surface area contributed by atoms with Crippen molar-refractivity contribution in [3.63, 3.8) is 0 Å². The number of rotatable bonds is 2. The van der Waals surface area contributed by atoms with Gasteiger partial charge < -0.3 is 10.5 Å². The van der Waals surface area contributed by atoms with Crippen molar-refractivity contribution in [3.05, 3.63) is 34.3 Å². The van der Waals surface area contributed by atoms with E-state index < -0.39 is 0 Å². The number of nitrogens with zero attached hydrogens (tertiary/aromatic N) is 1. The molecule has 1 aromatic carbocycles. The Morgan fingerprint density at radius 3 is 2.56 bits per heavy atom.